The van der Waals surface area contributed by atoms with Gasteiger partial charge in [0.1, 0.15) is 6.07 Å². The van der Waals surface area contributed by atoms with Crippen molar-refractivity contribution < 1.29 is 8.42 Å². The third-order valence-corrected chi connectivity index (χ3v) is 5.58. The average molecular weight is 249 g/mol. The molecular weight excluding hydrogens is 238 g/mol. The van der Waals surface area contributed by atoms with E-state index in [9.17, 15) is 8.42 Å². The minimum atomic E-state index is -3.35. The second-order valence-corrected chi connectivity index (χ2v) is 7.33. The van der Waals surface area contributed by atoms with Gasteiger partial charge in [0.25, 0.3) is 0 Å². The Kier molecular flexibility index (Phi) is 4.35. The molecule has 6 heteroatoms. The maximum atomic E-state index is 11.3. The van der Waals surface area contributed by atoms with Crippen LogP contribution in [0.15, 0.2) is 9.14 Å². The molecular formula is C8H11NO2S3. The molecule has 0 aromatic rings. The maximum absolute atomic E-state index is 11.3. The van der Waals surface area contributed by atoms with Gasteiger partial charge in [-0.05, 0) is 24.3 Å². The Morgan fingerprint density at radius 1 is 1.36 bits per heavy atom. The number of nitriles is 1. The molecule has 0 amide bonds. The second-order valence-electron chi connectivity index (χ2n) is 2.90. The molecule has 0 spiro atoms. The molecule has 0 atom stereocenters. The van der Waals surface area contributed by atoms with Gasteiger partial charge in [-0.3, -0.25) is 0 Å². The summed E-state index contributed by atoms with van der Waals surface area (Å²) in [5.74, 6) is 1.81. The summed E-state index contributed by atoms with van der Waals surface area (Å²) < 4.78 is 23.2. The van der Waals surface area contributed by atoms with Crippen molar-refractivity contribution in [2.24, 2.45) is 0 Å². The first-order chi connectivity index (χ1) is 6.55. The van der Waals surface area contributed by atoms with Gasteiger partial charge in [0.15, 0.2) is 14.7 Å². The van der Waals surface area contributed by atoms with Gasteiger partial charge >= 0.3 is 0 Å². The minimum Gasteiger partial charge on any atom is -0.223 e. The van der Waals surface area contributed by atoms with Gasteiger partial charge in [0.2, 0.25) is 0 Å². The number of allylic oxidation sites excluding steroid dienone is 1. The van der Waals surface area contributed by atoms with Gasteiger partial charge in [0, 0.05) is 6.26 Å². The van der Waals surface area contributed by atoms with Gasteiger partial charge in [-0.15, -0.1) is 23.5 Å². The monoisotopic (exact) mass is 249 g/mol. The molecule has 0 bridgehead atoms. The lowest BCUT2D eigenvalue weighted by Gasteiger charge is -2.03. The van der Waals surface area contributed by atoms with E-state index in [-0.39, 0.29) is 4.91 Å². The average Bonchev–Trinajstić information content (AvgIpc) is 2.31. The van der Waals surface area contributed by atoms with Crippen LogP contribution in [0.2, 0.25) is 0 Å². The molecule has 0 aliphatic carbocycles. The standard InChI is InChI=1S/C8H11NO2S3/c1-14(10,11)7(6-9)8-12-4-2-3-5-13-8/h2-5H2,1H3. The summed E-state index contributed by atoms with van der Waals surface area (Å²) in [6.45, 7) is 0. The molecule has 3 nitrogen and oxygen atoms in total. The normalized spacial score (nSPS) is 18.4. The molecule has 1 aliphatic heterocycles. The Morgan fingerprint density at radius 2 is 1.86 bits per heavy atom. The van der Waals surface area contributed by atoms with Crippen LogP contribution in [-0.2, 0) is 9.84 Å². The highest BCUT2D eigenvalue weighted by molar-refractivity contribution is 8.23. The number of rotatable bonds is 1. The summed E-state index contributed by atoms with van der Waals surface area (Å²) in [5, 5.41) is 8.79. The van der Waals surface area contributed by atoms with E-state index in [2.05, 4.69) is 0 Å². The lowest BCUT2D eigenvalue weighted by atomic mass is 10.4. The first-order valence-electron chi connectivity index (χ1n) is 4.15. The molecule has 0 radical (unpaired) electrons. The van der Waals surface area contributed by atoms with E-state index in [0.29, 0.717) is 4.24 Å². The highest BCUT2D eigenvalue weighted by Crippen LogP contribution is 2.37. The zero-order valence-corrected chi connectivity index (χ0v) is 10.3. The van der Waals surface area contributed by atoms with Crippen LogP contribution in [0.5, 0.6) is 0 Å². The Morgan fingerprint density at radius 3 is 2.21 bits per heavy atom. The second kappa shape index (κ2) is 5.10. The van der Waals surface area contributed by atoms with E-state index >= 15 is 0 Å². The summed E-state index contributed by atoms with van der Waals surface area (Å²) >= 11 is 2.97. The lowest BCUT2D eigenvalue weighted by molar-refractivity contribution is 0.608. The van der Waals surface area contributed by atoms with Crippen LogP contribution < -0.4 is 0 Å². The van der Waals surface area contributed by atoms with Crippen molar-refractivity contribution in [3.63, 3.8) is 0 Å². The number of thioether (sulfide) groups is 2. The Labute approximate surface area is 92.9 Å². The number of hydrogen-bond acceptors (Lipinski definition) is 5. The summed E-state index contributed by atoms with van der Waals surface area (Å²) in [5.41, 5.74) is 0. The fraction of sp³-hybridized carbons (Fsp3) is 0.625. The molecule has 1 fully saturated rings. The minimum absolute atomic E-state index is 0.0607. The van der Waals surface area contributed by atoms with Crippen molar-refractivity contribution in [1.29, 1.82) is 5.26 Å². The predicted octanol–water partition coefficient (Wildman–Crippen LogP) is 1.98. The third kappa shape index (κ3) is 3.23. The number of sulfone groups is 1. The molecule has 14 heavy (non-hydrogen) atoms. The molecule has 1 heterocycles. The Hall–Kier alpha value is -0.120. The Bertz CT molecular complexity index is 368. The fourth-order valence-corrected chi connectivity index (χ4v) is 4.97. The van der Waals surface area contributed by atoms with Crippen LogP contribution >= 0.6 is 23.5 Å². The van der Waals surface area contributed by atoms with Gasteiger partial charge in [0.05, 0.1) is 4.24 Å². The molecule has 1 aliphatic rings. The van der Waals surface area contributed by atoms with E-state index in [1.54, 1.807) is 6.07 Å². The third-order valence-electron chi connectivity index (χ3n) is 1.66. The molecule has 0 saturated carbocycles. The molecule has 0 unspecified atom stereocenters. The molecule has 0 aromatic heterocycles. The SMILES string of the molecule is CS(=O)(=O)C(C#N)=C1SCCCCS1. The highest BCUT2D eigenvalue weighted by atomic mass is 32.2. The summed E-state index contributed by atoms with van der Waals surface area (Å²) in [4.78, 5) is -0.0607. The van der Waals surface area contributed by atoms with Crippen molar-refractivity contribution in [3.05, 3.63) is 9.14 Å². The van der Waals surface area contributed by atoms with Crippen LogP contribution in [0.25, 0.3) is 0 Å². The van der Waals surface area contributed by atoms with E-state index in [1.807, 2.05) is 0 Å². The van der Waals surface area contributed by atoms with Crippen LogP contribution in [0, 0.1) is 11.3 Å². The maximum Gasteiger partial charge on any atom is 0.187 e. The first-order valence-corrected chi connectivity index (χ1v) is 8.02. The molecule has 1 saturated heterocycles. The summed E-state index contributed by atoms with van der Waals surface area (Å²) in [7, 11) is -3.35. The number of hydrogen-bond donors (Lipinski definition) is 0. The topological polar surface area (TPSA) is 57.9 Å². The van der Waals surface area contributed by atoms with E-state index in [1.165, 1.54) is 23.5 Å². The van der Waals surface area contributed by atoms with Crippen LogP contribution in [0.4, 0.5) is 0 Å². The Balaban J connectivity index is 3.05. The summed E-state index contributed by atoms with van der Waals surface area (Å²) in [6.07, 6.45) is 3.26. The molecule has 1 rings (SSSR count). The molecule has 0 aromatic carbocycles. The van der Waals surface area contributed by atoms with E-state index in [0.717, 1.165) is 30.6 Å². The van der Waals surface area contributed by atoms with Gasteiger partial charge in [-0.25, -0.2) is 8.42 Å². The van der Waals surface area contributed by atoms with Crippen LogP contribution in [0.1, 0.15) is 12.8 Å². The zero-order chi connectivity index (χ0) is 10.6. The quantitative estimate of drug-likeness (QED) is 0.665. The van der Waals surface area contributed by atoms with E-state index in [4.69, 9.17) is 5.26 Å². The van der Waals surface area contributed by atoms with Gasteiger partial charge in [-0.1, -0.05) is 0 Å². The highest BCUT2D eigenvalue weighted by Gasteiger charge is 2.19. The lowest BCUT2D eigenvalue weighted by Crippen LogP contribution is -2.00. The largest absolute Gasteiger partial charge is 0.223 e. The van der Waals surface area contributed by atoms with E-state index < -0.39 is 9.84 Å². The van der Waals surface area contributed by atoms with Crippen molar-refractivity contribution in [2.75, 3.05) is 17.8 Å². The van der Waals surface area contributed by atoms with Crippen molar-refractivity contribution in [2.45, 2.75) is 12.8 Å². The zero-order valence-electron chi connectivity index (χ0n) is 7.82. The van der Waals surface area contributed by atoms with Crippen molar-refractivity contribution in [1.82, 2.24) is 0 Å². The van der Waals surface area contributed by atoms with Gasteiger partial charge < -0.3 is 0 Å². The van der Waals surface area contributed by atoms with Crippen molar-refractivity contribution >= 4 is 33.4 Å². The first kappa shape index (κ1) is 12.0. The van der Waals surface area contributed by atoms with Crippen LogP contribution in [-0.4, -0.2) is 26.2 Å². The van der Waals surface area contributed by atoms with Crippen LogP contribution in [0.3, 0.4) is 0 Å². The van der Waals surface area contributed by atoms with Crippen molar-refractivity contribution in [3.8, 4) is 6.07 Å². The fourth-order valence-electron chi connectivity index (χ4n) is 0.987. The predicted molar refractivity (Wildman–Crippen MR) is 61.6 cm³/mol. The van der Waals surface area contributed by atoms with Gasteiger partial charge in [-0.2, -0.15) is 5.26 Å². The number of nitrogens with zero attached hydrogens (tertiary/aromatic N) is 1. The molecule has 78 valence electrons. The smallest absolute Gasteiger partial charge is 0.187 e. The summed E-state index contributed by atoms with van der Waals surface area (Å²) in [6, 6.07) is 1.79. The molecule has 0 N–H and O–H groups in total.